The maximum absolute atomic E-state index is 12.7. The Hall–Kier alpha value is -0.630. The molecule has 2 N–H and O–H groups in total. The normalized spacial score (nSPS) is 21.3. The minimum Gasteiger partial charge on any atom is -0.398 e. The molecule has 5 nitrogen and oxygen atoms in total. The minimum absolute atomic E-state index is 0.186. The predicted molar refractivity (Wildman–Crippen MR) is 84.0 cm³/mol. The molecule has 1 aromatic carbocycles. The van der Waals surface area contributed by atoms with Gasteiger partial charge >= 0.3 is 0 Å². The fourth-order valence-electron chi connectivity index (χ4n) is 2.43. The van der Waals surface area contributed by atoms with E-state index in [9.17, 15) is 8.42 Å². The first-order valence-corrected chi connectivity index (χ1v) is 8.77. The molecule has 1 fully saturated rings. The molecule has 20 heavy (non-hydrogen) atoms. The lowest BCUT2D eigenvalue weighted by Gasteiger charge is -2.35. The SMILES string of the molecule is CN(C)C1CCCN(S(=O)(=O)c2cc(Br)ccc2N)C1. The van der Waals surface area contributed by atoms with E-state index in [4.69, 9.17) is 5.73 Å². The van der Waals surface area contributed by atoms with Gasteiger partial charge in [0.15, 0.2) is 0 Å². The second-order valence-electron chi connectivity index (χ2n) is 5.30. The van der Waals surface area contributed by atoms with Crippen molar-refractivity contribution in [3.8, 4) is 0 Å². The Balaban J connectivity index is 2.32. The van der Waals surface area contributed by atoms with Gasteiger partial charge in [-0.15, -0.1) is 0 Å². The van der Waals surface area contributed by atoms with Gasteiger partial charge in [0, 0.05) is 23.6 Å². The van der Waals surface area contributed by atoms with Gasteiger partial charge in [-0.1, -0.05) is 15.9 Å². The quantitative estimate of drug-likeness (QED) is 0.832. The molecule has 2 rings (SSSR count). The Kier molecular flexibility index (Phi) is 4.73. The van der Waals surface area contributed by atoms with E-state index in [1.54, 1.807) is 22.5 Å². The van der Waals surface area contributed by atoms with E-state index < -0.39 is 10.0 Å². The van der Waals surface area contributed by atoms with Crippen LogP contribution in [0.15, 0.2) is 27.6 Å². The molecule has 0 bridgehead atoms. The monoisotopic (exact) mass is 361 g/mol. The van der Waals surface area contributed by atoms with E-state index in [1.807, 2.05) is 14.1 Å². The zero-order chi connectivity index (χ0) is 14.9. The predicted octanol–water partition coefficient (Wildman–Crippen LogP) is 1.75. The Morgan fingerprint density at radius 2 is 2.10 bits per heavy atom. The third-order valence-electron chi connectivity index (χ3n) is 3.68. The number of rotatable bonds is 3. The average Bonchev–Trinajstić information content (AvgIpc) is 2.41. The number of nitrogens with zero attached hydrogens (tertiary/aromatic N) is 2. The highest BCUT2D eigenvalue weighted by Crippen LogP contribution is 2.28. The summed E-state index contributed by atoms with van der Waals surface area (Å²) in [7, 11) is 0.431. The number of hydrogen-bond acceptors (Lipinski definition) is 4. The number of likely N-dealkylation sites (N-methyl/N-ethyl adjacent to an activating group) is 1. The van der Waals surface area contributed by atoms with Gasteiger partial charge in [0.2, 0.25) is 10.0 Å². The lowest BCUT2D eigenvalue weighted by atomic mass is 10.1. The Morgan fingerprint density at radius 3 is 2.75 bits per heavy atom. The van der Waals surface area contributed by atoms with Crippen molar-refractivity contribution in [3.63, 3.8) is 0 Å². The van der Waals surface area contributed by atoms with Gasteiger partial charge in [-0.05, 0) is 45.1 Å². The number of sulfonamides is 1. The lowest BCUT2D eigenvalue weighted by Crippen LogP contribution is -2.47. The molecule has 1 aromatic rings. The summed E-state index contributed by atoms with van der Waals surface area (Å²) in [5, 5.41) is 0. The second-order valence-corrected chi connectivity index (χ2v) is 8.13. The van der Waals surface area contributed by atoms with Crippen LogP contribution in [0.25, 0.3) is 0 Å². The Labute approximate surface area is 128 Å². The summed E-state index contributed by atoms with van der Waals surface area (Å²) < 4.78 is 27.7. The molecule has 1 unspecified atom stereocenters. The van der Waals surface area contributed by atoms with E-state index in [0.29, 0.717) is 23.2 Å². The second kappa shape index (κ2) is 6.01. The minimum atomic E-state index is -3.53. The van der Waals surface area contributed by atoms with Crippen LogP contribution in [0.4, 0.5) is 5.69 Å². The van der Waals surface area contributed by atoms with Crippen LogP contribution in [-0.2, 0) is 10.0 Å². The Bertz CT molecular complexity index is 589. The van der Waals surface area contributed by atoms with Gasteiger partial charge in [0.1, 0.15) is 4.90 Å². The molecule has 112 valence electrons. The van der Waals surface area contributed by atoms with Gasteiger partial charge in [-0.2, -0.15) is 4.31 Å². The van der Waals surface area contributed by atoms with Crippen molar-refractivity contribution >= 4 is 31.6 Å². The smallest absolute Gasteiger partial charge is 0.245 e. The molecule has 0 spiro atoms. The molecule has 1 aliphatic heterocycles. The molecule has 7 heteroatoms. The number of nitrogen functional groups attached to an aromatic ring is 1. The summed E-state index contributed by atoms with van der Waals surface area (Å²) in [5.74, 6) is 0. The molecule has 1 heterocycles. The molecule has 0 aliphatic carbocycles. The van der Waals surface area contributed by atoms with Crippen LogP contribution in [-0.4, -0.2) is 50.8 Å². The van der Waals surface area contributed by atoms with Crippen molar-refractivity contribution in [3.05, 3.63) is 22.7 Å². The zero-order valence-electron chi connectivity index (χ0n) is 11.7. The first-order chi connectivity index (χ1) is 9.32. The number of hydrogen-bond donors (Lipinski definition) is 1. The first kappa shape index (κ1) is 15.8. The van der Waals surface area contributed by atoms with Gasteiger partial charge in [0.25, 0.3) is 0 Å². The maximum atomic E-state index is 12.7. The summed E-state index contributed by atoms with van der Waals surface area (Å²) in [6, 6.07) is 5.19. The van der Waals surface area contributed by atoms with Gasteiger partial charge in [0.05, 0.1) is 5.69 Å². The number of halogens is 1. The van der Waals surface area contributed by atoms with Crippen molar-refractivity contribution < 1.29 is 8.42 Å². The third-order valence-corrected chi connectivity index (χ3v) is 6.10. The van der Waals surface area contributed by atoms with Crippen LogP contribution in [0.2, 0.25) is 0 Å². The summed E-state index contributed by atoms with van der Waals surface area (Å²) in [5.41, 5.74) is 6.13. The fraction of sp³-hybridized carbons (Fsp3) is 0.538. The van der Waals surface area contributed by atoms with Crippen LogP contribution in [0, 0.1) is 0 Å². The first-order valence-electron chi connectivity index (χ1n) is 6.54. The molecule has 1 saturated heterocycles. The zero-order valence-corrected chi connectivity index (χ0v) is 14.1. The van der Waals surface area contributed by atoms with Crippen LogP contribution in [0.1, 0.15) is 12.8 Å². The number of piperidine rings is 1. The number of anilines is 1. The van der Waals surface area contributed by atoms with E-state index in [2.05, 4.69) is 20.8 Å². The fourth-order valence-corrected chi connectivity index (χ4v) is 4.60. The molecule has 1 atom stereocenters. The summed E-state index contributed by atoms with van der Waals surface area (Å²) in [6.45, 7) is 1.07. The van der Waals surface area contributed by atoms with Crippen molar-refractivity contribution in [1.29, 1.82) is 0 Å². The van der Waals surface area contributed by atoms with Crippen LogP contribution in [0.3, 0.4) is 0 Å². The lowest BCUT2D eigenvalue weighted by molar-refractivity contribution is 0.190. The van der Waals surface area contributed by atoms with Crippen molar-refractivity contribution in [2.45, 2.75) is 23.8 Å². The van der Waals surface area contributed by atoms with Crippen LogP contribution >= 0.6 is 15.9 Å². The third kappa shape index (κ3) is 3.16. The maximum Gasteiger partial charge on any atom is 0.245 e. The molecule has 0 radical (unpaired) electrons. The largest absolute Gasteiger partial charge is 0.398 e. The Morgan fingerprint density at radius 1 is 1.40 bits per heavy atom. The summed E-state index contributed by atoms with van der Waals surface area (Å²) in [6.07, 6.45) is 1.89. The van der Waals surface area contributed by atoms with Gasteiger partial charge in [-0.3, -0.25) is 0 Å². The van der Waals surface area contributed by atoms with Crippen LogP contribution < -0.4 is 5.73 Å². The number of benzene rings is 1. The average molecular weight is 362 g/mol. The summed E-state index contributed by atoms with van der Waals surface area (Å²) in [4.78, 5) is 2.26. The molecule has 1 aliphatic rings. The molecule has 0 amide bonds. The molecule has 0 saturated carbocycles. The van der Waals surface area contributed by atoms with Gasteiger partial charge < -0.3 is 10.6 Å². The molecular weight excluding hydrogens is 342 g/mol. The van der Waals surface area contributed by atoms with E-state index in [-0.39, 0.29) is 10.9 Å². The van der Waals surface area contributed by atoms with Crippen LogP contribution in [0.5, 0.6) is 0 Å². The van der Waals surface area contributed by atoms with E-state index in [1.165, 1.54) is 0 Å². The molecular formula is C13H20BrN3O2S. The molecule has 0 aromatic heterocycles. The van der Waals surface area contributed by atoms with E-state index >= 15 is 0 Å². The topological polar surface area (TPSA) is 66.6 Å². The highest BCUT2D eigenvalue weighted by molar-refractivity contribution is 9.10. The van der Waals surface area contributed by atoms with E-state index in [0.717, 1.165) is 12.8 Å². The van der Waals surface area contributed by atoms with Crippen molar-refractivity contribution in [2.24, 2.45) is 0 Å². The van der Waals surface area contributed by atoms with Crippen molar-refractivity contribution in [2.75, 3.05) is 32.9 Å². The standard InChI is InChI=1S/C13H20BrN3O2S/c1-16(2)11-4-3-7-17(9-11)20(18,19)13-8-10(14)5-6-12(13)15/h5-6,8,11H,3-4,7,9,15H2,1-2H3. The van der Waals surface area contributed by atoms with Crippen molar-refractivity contribution in [1.82, 2.24) is 9.21 Å². The highest BCUT2D eigenvalue weighted by Gasteiger charge is 2.32. The summed E-state index contributed by atoms with van der Waals surface area (Å²) >= 11 is 3.30. The highest BCUT2D eigenvalue weighted by atomic mass is 79.9. The van der Waals surface area contributed by atoms with Gasteiger partial charge in [-0.25, -0.2) is 8.42 Å². The number of nitrogens with two attached hydrogens (primary N) is 1.